The summed E-state index contributed by atoms with van der Waals surface area (Å²) in [5, 5.41) is 5.67. The Kier molecular flexibility index (Phi) is 5.66. The Labute approximate surface area is 156 Å². The molecule has 26 heavy (non-hydrogen) atoms. The average molecular weight is 369 g/mol. The first-order valence-corrected chi connectivity index (χ1v) is 8.43. The topological polar surface area (TPSA) is 76.1 Å². The molecule has 1 heterocycles. The minimum Gasteiger partial charge on any atom is -0.439 e. The summed E-state index contributed by atoms with van der Waals surface area (Å²) >= 11 is 5.72. The molecule has 2 amide bonds. The maximum atomic E-state index is 12.1. The van der Waals surface area contributed by atoms with Crippen LogP contribution in [0.4, 0.5) is 16.2 Å². The molecular formula is C19H17ClN4O2. The van der Waals surface area contributed by atoms with Gasteiger partial charge in [0.2, 0.25) is 11.2 Å². The minimum absolute atomic E-state index is 0.115. The van der Waals surface area contributed by atoms with Crippen LogP contribution in [0.1, 0.15) is 12.5 Å². The number of nitrogens with zero attached hydrogens (tertiary/aromatic N) is 2. The first-order valence-electron chi connectivity index (χ1n) is 8.06. The molecule has 0 radical (unpaired) electrons. The van der Waals surface area contributed by atoms with Crippen LogP contribution in [0, 0.1) is 0 Å². The van der Waals surface area contributed by atoms with Crippen molar-refractivity contribution in [2.75, 3.05) is 10.6 Å². The van der Waals surface area contributed by atoms with Crippen molar-refractivity contribution >= 4 is 29.0 Å². The Balaban J connectivity index is 1.57. The van der Waals surface area contributed by atoms with Crippen molar-refractivity contribution in [3.05, 3.63) is 71.6 Å². The maximum Gasteiger partial charge on any atom is 0.323 e. The van der Waals surface area contributed by atoms with Crippen molar-refractivity contribution < 1.29 is 9.53 Å². The average Bonchev–Trinajstić information content (AvgIpc) is 2.64. The van der Waals surface area contributed by atoms with Gasteiger partial charge in [0.1, 0.15) is 5.75 Å². The highest BCUT2D eigenvalue weighted by molar-refractivity contribution is 6.28. The molecule has 0 unspecified atom stereocenters. The predicted octanol–water partition coefficient (Wildman–Crippen LogP) is 5.13. The highest BCUT2D eigenvalue weighted by Gasteiger charge is 2.04. The zero-order chi connectivity index (χ0) is 18.4. The lowest BCUT2D eigenvalue weighted by molar-refractivity contribution is 0.262. The van der Waals surface area contributed by atoms with Crippen LogP contribution in [0.5, 0.6) is 11.6 Å². The molecule has 2 N–H and O–H groups in total. The second kappa shape index (κ2) is 8.31. The highest BCUT2D eigenvalue weighted by atomic mass is 35.5. The van der Waals surface area contributed by atoms with Crippen LogP contribution in [0.2, 0.25) is 5.28 Å². The van der Waals surface area contributed by atoms with Crippen LogP contribution in [-0.4, -0.2) is 16.0 Å². The van der Waals surface area contributed by atoms with E-state index >= 15 is 0 Å². The molecule has 0 bridgehead atoms. The van der Waals surface area contributed by atoms with Gasteiger partial charge in [0.25, 0.3) is 0 Å². The second-order valence-electron chi connectivity index (χ2n) is 5.42. The second-order valence-corrected chi connectivity index (χ2v) is 5.76. The third kappa shape index (κ3) is 4.94. The van der Waals surface area contributed by atoms with Gasteiger partial charge in [0.05, 0.1) is 0 Å². The van der Waals surface area contributed by atoms with Gasteiger partial charge in [-0.1, -0.05) is 19.1 Å². The van der Waals surface area contributed by atoms with Crippen molar-refractivity contribution in [3.8, 4) is 11.6 Å². The Morgan fingerprint density at radius 3 is 2.19 bits per heavy atom. The van der Waals surface area contributed by atoms with Crippen molar-refractivity contribution in [3.63, 3.8) is 0 Å². The summed E-state index contributed by atoms with van der Waals surface area (Å²) in [6.45, 7) is 2.09. The number of ether oxygens (including phenoxy) is 1. The van der Waals surface area contributed by atoms with Gasteiger partial charge in [-0.25, -0.2) is 9.78 Å². The fourth-order valence-corrected chi connectivity index (χ4v) is 2.36. The first kappa shape index (κ1) is 17.7. The normalized spacial score (nSPS) is 10.2. The summed E-state index contributed by atoms with van der Waals surface area (Å²) in [5.41, 5.74) is 2.59. The number of benzene rings is 2. The largest absolute Gasteiger partial charge is 0.439 e. The summed E-state index contributed by atoms with van der Waals surface area (Å²) < 4.78 is 5.57. The van der Waals surface area contributed by atoms with Gasteiger partial charge in [-0.05, 0) is 60.0 Å². The third-order valence-corrected chi connectivity index (χ3v) is 3.74. The number of hydrogen-bond acceptors (Lipinski definition) is 4. The van der Waals surface area contributed by atoms with Gasteiger partial charge in [-0.2, -0.15) is 4.98 Å². The van der Waals surface area contributed by atoms with Crippen molar-refractivity contribution in [2.45, 2.75) is 13.3 Å². The van der Waals surface area contributed by atoms with E-state index in [1.165, 1.54) is 11.8 Å². The maximum absolute atomic E-state index is 12.1. The van der Waals surface area contributed by atoms with E-state index in [0.29, 0.717) is 17.3 Å². The number of anilines is 2. The van der Waals surface area contributed by atoms with E-state index in [-0.39, 0.29) is 11.3 Å². The summed E-state index contributed by atoms with van der Waals surface area (Å²) in [5.74, 6) is 0.917. The molecule has 2 aromatic carbocycles. The highest BCUT2D eigenvalue weighted by Crippen LogP contribution is 2.22. The molecule has 0 atom stereocenters. The minimum atomic E-state index is -0.314. The summed E-state index contributed by atoms with van der Waals surface area (Å²) in [4.78, 5) is 19.8. The molecular weight excluding hydrogens is 352 g/mol. The molecule has 0 spiro atoms. The number of aromatic nitrogens is 2. The van der Waals surface area contributed by atoms with Crippen LogP contribution in [0.3, 0.4) is 0 Å². The lowest BCUT2D eigenvalue weighted by atomic mass is 10.1. The van der Waals surface area contributed by atoms with Crippen molar-refractivity contribution in [1.82, 2.24) is 9.97 Å². The van der Waals surface area contributed by atoms with Crippen LogP contribution in [0.15, 0.2) is 60.8 Å². The summed E-state index contributed by atoms with van der Waals surface area (Å²) in [6, 6.07) is 15.9. The molecule has 0 aliphatic carbocycles. The molecule has 0 aliphatic heterocycles. The molecule has 132 valence electrons. The Bertz CT molecular complexity index is 883. The molecule has 7 heteroatoms. The predicted molar refractivity (Wildman–Crippen MR) is 102 cm³/mol. The van der Waals surface area contributed by atoms with Crippen molar-refractivity contribution in [2.24, 2.45) is 0 Å². The molecule has 6 nitrogen and oxygen atoms in total. The van der Waals surface area contributed by atoms with E-state index in [9.17, 15) is 4.79 Å². The number of carbonyl (C=O) groups is 1. The molecule has 0 saturated heterocycles. The van der Waals surface area contributed by atoms with E-state index < -0.39 is 0 Å². The van der Waals surface area contributed by atoms with E-state index in [1.54, 1.807) is 30.3 Å². The number of halogens is 1. The molecule has 1 aromatic heterocycles. The quantitative estimate of drug-likeness (QED) is 0.612. The number of nitrogens with one attached hydrogen (secondary N) is 2. The summed E-state index contributed by atoms with van der Waals surface area (Å²) in [7, 11) is 0. The lowest BCUT2D eigenvalue weighted by Gasteiger charge is -2.09. The fraction of sp³-hybridized carbons (Fsp3) is 0.105. The van der Waals surface area contributed by atoms with Gasteiger partial charge in [-0.15, -0.1) is 0 Å². The number of rotatable bonds is 5. The Morgan fingerprint density at radius 1 is 1.00 bits per heavy atom. The van der Waals surface area contributed by atoms with Gasteiger partial charge >= 0.3 is 6.03 Å². The van der Waals surface area contributed by atoms with Crippen LogP contribution in [-0.2, 0) is 6.42 Å². The van der Waals surface area contributed by atoms with Gasteiger partial charge in [0.15, 0.2) is 0 Å². The van der Waals surface area contributed by atoms with Crippen LogP contribution >= 0.6 is 11.6 Å². The standard InChI is InChI=1S/C19H17ClN4O2/c1-2-13-3-5-14(6-4-13)22-19(25)23-15-7-9-16(10-8-15)26-17-11-12-21-18(20)24-17/h3-12H,2H2,1H3,(H2,22,23,25). The van der Waals surface area contributed by atoms with Gasteiger partial charge in [0, 0.05) is 23.6 Å². The summed E-state index contributed by atoms with van der Waals surface area (Å²) in [6.07, 6.45) is 2.47. The Morgan fingerprint density at radius 2 is 1.62 bits per heavy atom. The number of aryl methyl sites for hydroxylation is 1. The van der Waals surface area contributed by atoms with E-state index in [0.717, 1.165) is 12.1 Å². The SMILES string of the molecule is CCc1ccc(NC(=O)Nc2ccc(Oc3ccnc(Cl)n3)cc2)cc1. The van der Waals surface area contributed by atoms with Gasteiger partial charge < -0.3 is 15.4 Å². The monoisotopic (exact) mass is 368 g/mol. The zero-order valence-corrected chi connectivity index (χ0v) is 14.8. The Hall–Kier alpha value is -3.12. The number of hydrogen-bond donors (Lipinski definition) is 2. The molecule has 0 saturated carbocycles. The number of urea groups is 1. The van der Waals surface area contributed by atoms with Crippen LogP contribution < -0.4 is 15.4 Å². The fourth-order valence-electron chi connectivity index (χ4n) is 2.22. The first-order chi connectivity index (χ1) is 12.6. The van der Waals surface area contributed by atoms with E-state index in [1.807, 2.05) is 24.3 Å². The van der Waals surface area contributed by atoms with E-state index in [4.69, 9.17) is 16.3 Å². The smallest absolute Gasteiger partial charge is 0.323 e. The molecule has 3 rings (SSSR count). The molecule has 0 aliphatic rings. The zero-order valence-electron chi connectivity index (χ0n) is 14.1. The lowest BCUT2D eigenvalue weighted by Crippen LogP contribution is -2.19. The molecule has 0 fully saturated rings. The van der Waals surface area contributed by atoms with Gasteiger partial charge in [-0.3, -0.25) is 0 Å². The number of amides is 2. The van der Waals surface area contributed by atoms with E-state index in [2.05, 4.69) is 27.5 Å². The third-order valence-electron chi connectivity index (χ3n) is 3.56. The van der Waals surface area contributed by atoms with Crippen molar-refractivity contribution in [1.29, 1.82) is 0 Å². The molecule has 3 aromatic rings. The number of carbonyl (C=O) groups excluding carboxylic acids is 1. The van der Waals surface area contributed by atoms with Crippen LogP contribution in [0.25, 0.3) is 0 Å².